The quantitative estimate of drug-likeness (QED) is 0.302. The topological polar surface area (TPSA) is 180 Å². The van der Waals surface area contributed by atoms with Crippen LogP contribution in [-0.4, -0.2) is 56.2 Å². The highest BCUT2D eigenvalue weighted by molar-refractivity contribution is 5.94. The summed E-state index contributed by atoms with van der Waals surface area (Å²) in [6.07, 6.45) is 1.18. The maximum atomic E-state index is 12.6. The molecular formula is C18H18N8O6. The van der Waals surface area contributed by atoms with Crippen molar-refractivity contribution < 1.29 is 19.2 Å². The summed E-state index contributed by atoms with van der Waals surface area (Å²) in [5.74, 6) is -0.457. The van der Waals surface area contributed by atoms with Gasteiger partial charge in [0.1, 0.15) is 17.1 Å². The molecule has 14 nitrogen and oxygen atoms in total. The van der Waals surface area contributed by atoms with Gasteiger partial charge in [0, 0.05) is 17.7 Å². The molecule has 3 rings (SSSR count). The number of hydrogen-bond donors (Lipinski definition) is 2. The number of amides is 1. The maximum absolute atomic E-state index is 12.6. The average Bonchev–Trinajstić information content (AvgIpc) is 3.16. The summed E-state index contributed by atoms with van der Waals surface area (Å²) in [7, 11) is 2.67. The van der Waals surface area contributed by atoms with Crippen LogP contribution in [0.2, 0.25) is 0 Å². The summed E-state index contributed by atoms with van der Waals surface area (Å²) >= 11 is 0. The number of ether oxygens (including phenoxy) is 2. The smallest absolute Gasteiger partial charge is 0.311 e. The largest absolute Gasteiger partial charge is 0.496 e. The highest BCUT2D eigenvalue weighted by atomic mass is 16.6. The van der Waals surface area contributed by atoms with E-state index in [1.807, 2.05) is 0 Å². The van der Waals surface area contributed by atoms with Gasteiger partial charge in [0.2, 0.25) is 5.75 Å². The van der Waals surface area contributed by atoms with Gasteiger partial charge in [-0.15, -0.1) is 10.2 Å². The van der Waals surface area contributed by atoms with Gasteiger partial charge in [-0.2, -0.15) is 14.9 Å². The molecule has 32 heavy (non-hydrogen) atoms. The molecule has 0 saturated heterocycles. The van der Waals surface area contributed by atoms with Gasteiger partial charge < -0.3 is 9.47 Å². The number of aromatic nitrogens is 5. The number of benzene rings is 1. The van der Waals surface area contributed by atoms with Gasteiger partial charge in [-0.05, 0) is 19.9 Å². The number of methoxy groups -OCH3 is 2. The number of nitro benzene ring substituents is 1. The van der Waals surface area contributed by atoms with Crippen LogP contribution in [-0.2, 0) is 0 Å². The first-order chi connectivity index (χ1) is 15.2. The number of rotatable bonds is 7. The predicted molar refractivity (Wildman–Crippen MR) is 111 cm³/mol. The monoisotopic (exact) mass is 442 g/mol. The number of aromatic amines is 1. The fraction of sp³-hybridized carbons (Fsp3) is 0.222. The van der Waals surface area contributed by atoms with Gasteiger partial charge >= 0.3 is 5.69 Å². The van der Waals surface area contributed by atoms with Crippen LogP contribution in [0.4, 0.5) is 5.69 Å². The minimum absolute atomic E-state index is 0.0145. The third-order valence-electron chi connectivity index (χ3n) is 4.21. The van der Waals surface area contributed by atoms with E-state index in [9.17, 15) is 19.7 Å². The van der Waals surface area contributed by atoms with Crippen LogP contribution < -0.4 is 20.5 Å². The van der Waals surface area contributed by atoms with Gasteiger partial charge in [-0.3, -0.25) is 24.7 Å². The molecule has 0 spiro atoms. The molecule has 1 aromatic carbocycles. The van der Waals surface area contributed by atoms with Crippen LogP contribution >= 0.6 is 0 Å². The lowest BCUT2D eigenvalue weighted by molar-refractivity contribution is -0.385. The molecule has 0 unspecified atom stereocenters. The van der Waals surface area contributed by atoms with Crippen LogP contribution in [0, 0.1) is 24.0 Å². The molecule has 0 atom stereocenters. The Morgan fingerprint density at radius 3 is 2.56 bits per heavy atom. The fourth-order valence-electron chi connectivity index (χ4n) is 2.67. The Balaban J connectivity index is 1.88. The van der Waals surface area contributed by atoms with E-state index in [0.29, 0.717) is 5.69 Å². The maximum Gasteiger partial charge on any atom is 0.311 e. The molecule has 0 bridgehead atoms. The third-order valence-corrected chi connectivity index (χ3v) is 4.21. The zero-order valence-corrected chi connectivity index (χ0v) is 17.4. The molecule has 0 radical (unpaired) electrons. The number of carbonyl (C=O) groups is 1. The van der Waals surface area contributed by atoms with Gasteiger partial charge in [0.25, 0.3) is 17.4 Å². The van der Waals surface area contributed by atoms with E-state index in [-0.39, 0.29) is 40.1 Å². The van der Waals surface area contributed by atoms with E-state index in [1.165, 1.54) is 45.6 Å². The molecule has 3 aromatic rings. The van der Waals surface area contributed by atoms with Gasteiger partial charge in [0.05, 0.1) is 31.1 Å². The lowest BCUT2D eigenvalue weighted by atomic mass is 10.1. The van der Waals surface area contributed by atoms with E-state index in [2.05, 4.69) is 30.8 Å². The van der Waals surface area contributed by atoms with Crippen molar-refractivity contribution in [2.75, 3.05) is 14.2 Å². The first kappa shape index (κ1) is 22.1. The predicted octanol–water partition coefficient (Wildman–Crippen LogP) is 0.657. The van der Waals surface area contributed by atoms with Crippen LogP contribution in [0.3, 0.4) is 0 Å². The number of carbonyl (C=O) groups excluding carboxylic acids is 1. The minimum Gasteiger partial charge on any atom is -0.496 e. The second kappa shape index (κ2) is 9.03. The lowest BCUT2D eigenvalue weighted by Crippen LogP contribution is -2.24. The number of hydrazone groups is 1. The van der Waals surface area contributed by atoms with Crippen molar-refractivity contribution in [2.24, 2.45) is 5.10 Å². The molecule has 14 heteroatoms. The highest BCUT2D eigenvalue weighted by Crippen LogP contribution is 2.33. The van der Waals surface area contributed by atoms with Crippen molar-refractivity contribution in [3.63, 3.8) is 0 Å². The molecule has 2 heterocycles. The Kier molecular flexibility index (Phi) is 6.23. The van der Waals surface area contributed by atoms with Gasteiger partial charge in [-0.1, -0.05) is 0 Å². The Morgan fingerprint density at radius 1 is 1.22 bits per heavy atom. The van der Waals surface area contributed by atoms with Crippen molar-refractivity contribution in [1.29, 1.82) is 0 Å². The summed E-state index contributed by atoms with van der Waals surface area (Å²) in [6, 6.07) is 4.00. The molecular weight excluding hydrogens is 424 g/mol. The van der Waals surface area contributed by atoms with Crippen LogP contribution in [0.15, 0.2) is 28.1 Å². The van der Waals surface area contributed by atoms with Gasteiger partial charge in [0.15, 0.2) is 0 Å². The zero-order chi connectivity index (χ0) is 23.4. The molecule has 2 N–H and O–H groups in total. The molecule has 1 amide bonds. The molecule has 0 aliphatic carbocycles. The van der Waals surface area contributed by atoms with Crippen LogP contribution in [0.5, 0.6) is 11.5 Å². The summed E-state index contributed by atoms with van der Waals surface area (Å²) in [6.45, 7) is 3.14. The summed E-state index contributed by atoms with van der Waals surface area (Å²) in [5.41, 5.74) is 2.44. The normalized spacial score (nSPS) is 10.9. The van der Waals surface area contributed by atoms with Crippen LogP contribution in [0.1, 0.15) is 27.4 Å². The van der Waals surface area contributed by atoms with E-state index < -0.39 is 16.4 Å². The number of hydrogen-bond acceptors (Lipinski definition) is 10. The number of aryl methyl sites for hydroxylation is 2. The standard InChI is InChI=1S/C18H18N8O6/c1-9-5-13(25(24-9)18-20-16(27)10(2)21-23-18)17(28)22-19-8-11-6-12(26(29)30)15(32-4)7-14(11)31-3/h5-8H,1-4H3,(H,22,28)(H,20,23,27)/b19-8-. The molecule has 2 aromatic heterocycles. The SMILES string of the molecule is COc1cc(OC)c([N+](=O)[O-])cc1/C=N\NC(=O)c1cc(C)nn1-c1nnc(C)c(=O)[nH]1. The third kappa shape index (κ3) is 4.43. The summed E-state index contributed by atoms with van der Waals surface area (Å²) < 4.78 is 11.3. The van der Waals surface area contributed by atoms with Crippen LogP contribution in [0.25, 0.3) is 5.95 Å². The van der Waals surface area contributed by atoms with Crippen molar-refractivity contribution in [3.8, 4) is 17.4 Å². The molecule has 0 aliphatic heterocycles. The molecule has 166 valence electrons. The average molecular weight is 442 g/mol. The number of nitro groups is 1. The summed E-state index contributed by atoms with van der Waals surface area (Å²) in [5, 5.41) is 26.8. The lowest BCUT2D eigenvalue weighted by Gasteiger charge is -2.08. The van der Waals surface area contributed by atoms with E-state index in [4.69, 9.17) is 9.47 Å². The van der Waals surface area contributed by atoms with Gasteiger partial charge in [-0.25, -0.2) is 5.43 Å². The number of nitrogens with one attached hydrogen (secondary N) is 2. The fourth-order valence-corrected chi connectivity index (χ4v) is 2.67. The van der Waals surface area contributed by atoms with Crippen molar-refractivity contribution in [3.05, 3.63) is 61.3 Å². The Bertz CT molecular complexity index is 1280. The molecule has 0 aliphatic rings. The Morgan fingerprint density at radius 2 is 1.94 bits per heavy atom. The zero-order valence-electron chi connectivity index (χ0n) is 17.4. The van der Waals surface area contributed by atoms with E-state index in [1.54, 1.807) is 6.92 Å². The van der Waals surface area contributed by atoms with Crippen molar-refractivity contribution >= 4 is 17.8 Å². The first-order valence-corrected chi connectivity index (χ1v) is 8.99. The number of nitrogens with zero attached hydrogens (tertiary/aromatic N) is 6. The van der Waals surface area contributed by atoms with Crippen molar-refractivity contribution in [1.82, 2.24) is 30.4 Å². The summed E-state index contributed by atoms with van der Waals surface area (Å²) in [4.78, 5) is 37.6. The van der Waals surface area contributed by atoms with E-state index in [0.717, 1.165) is 4.68 Å². The second-order valence-corrected chi connectivity index (χ2v) is 6.37. The molecule has 0 fully saturated rings. The second-order valence-electron chi connectivity index (χ2n) is 6.37. The Labute approximate surface area is 180 Å². The minimum atomic E-state index is -0.674. The highest BCUT2D eigenvalue weighted by Gasteiger charge is 2.20. The van der Waals surface area contributed by atoms with Crippen molar-refractivity contribution in [2.45, 2.75) is 13.8 Å². The van der Waals surface area contributed by atoms with E-state index >= 15 is 0 Å². The molecule has 0 saturated carbocycles. The number of H-pyrrole nitrogens is 1. The first-order valence-electron chi connectivity index (χ1n) is 8.99. The Hall–Kier alpha value is -4.62.